The Morgan fingerprint density at radius 2 is 1.89 bits per heavy atom. The third-order valence-electron chi connectivity index (χ3n) is 1.11. The molecule has 0 bridgehead atoms. The van der Waals surface area contributed by atoms with Gasteiger partial charge in [0, 0.05) is 0 Å². The van der Waals surface area contributed by atoms with Gasteiger partial charge in [-0.3, -0.25) is 0 Å². The third-order valence-corrected chi connectivity index (χ3v) is 1.11. The Morgan fingerprint density at radius 1 is 1.22 bits per heavy atom. The highest BCUT2D eigenvalue weighted by Crippen LogP contribution is 1.97. The Labute approximate surface area is 54.2 Å². The highest BCUT2D eigenvalue weighted by Gasteiger charge is 1.87. The van der Waals surface area contributed by atoms with Crippen LogP contribution in [0.15, 0.2) is 30.3 Å². The van der Waals surface area contributed by atoms with Crippen LogP contribution in [0.4, 0.5) is 0 Å². The molecule has 2 nitrogen and oxygen atoms in total. The second kappa shape index (κ2) is 3.22. The lowest BCUT2D eigenvalue weighted by molar-refractivity contribution is -0.695. The molecule has 2 heteroatoms. The Balaban J connectivity index is 2.61. The zero-order chi connectivity index (χ0) is 6.53. The van der Waals surface area contributed by atoms with E-state index in [-0.39, 0.29) is 0 Å². The van der Waals surface area contributed by atoms with Gasteiger partial charge in [-0.15, -0.1) is 0 Å². The van der Waals surface area contributed by atoms with E-state index < -0.39 is 0 Å². The van der Waals surface area contributed by atoms with Crippen molar-refractivity contribution in [1.82, 2.24) is 0 Å². The summed E-state index contributed by atoms with van der Waals surface area (Å²) in [5.41, 5.74) is 1.16. The maximum Gasteiger partial charge on any atom is 0.131 e. The van der Waals surface area contributed by atoms with E-state index in [0.29, 0.717) is 6.61 Å². The van der Waals surface area contributed by atoms with Crippen LogP contribution < -0.4 is 5.90 Å². The monoisotopic (exact) mass is 124 g/mol. The fraction of sp³-hybridized carbons (Fsp3) is 0.143. The molecule has 0 saturated carbocycles. The molecule has 0 aliphatic carbocycles. The van der Waals surface area contributed by atoms with Crippen molar-refractivity contribution in [3.05, 3.63) is 35.9 Å². The van der Waals surface area contributed by atoms with Gasteiger partial charge in [0.25, 0.3) is 0 Å². The van der Waals surface area contributed by atoms with Gasteiger partial charge in [-0.1, -0.05) is 30.3 Å². The van der Waals surface area contributed by atoms with Crippen molar-refractivity contribution in [2.45, 2.75) is 6.61 Å². The Kier molecular flexibility index (Phi) is 2.24. The van der Waals surface area contributed by atoms with E-state index in [1.54, 1.807) is 0 Å². The quantitative estimate of drug-likeness (QED) is 0.568. The van der Waals surface area contributed by atoms with Gasteiger partial charge in [-0.25, -0.2) is 10.7 Å². The predicted octanol–water partition coefficient (Wildman–Crippen LogP) is 0.360. The van der Waals surface area contributed by atoms with Crippen molar-refractivity contribution in [2.75, 3.05) is 0 Å². The predicted molar refractivity (Wildman–Crippen MR) is 34.1 cm³/mol. The lowest BCUT2D eigenvalue weighted by atomic mass is 10.2. The lowest BCUT2D eigenvalue weighted by Gasteiger charge is -1.92. The highest BCUT2D eigenvalue weighted by atomic mass is 16.6. The van der Waals surface area contributed by atoms with Crippen LogP contribution in [0.1, 0.15) is 5.56 Å². The van der Waals surface area contributed by atoms with Crippen molar-refractivity contribution in [3.8, 4) is 0 Å². The minimum absolute atomic E-state index is 0.598. The summed E-state index contributed by atoms with van der Waals surface area (Å²) >= 11 is 0. The summed E-state index contributed by atoms with van der Waals surface area (Å²) in [4.78, 5) is 4.68. The average Bonchev–Trinajstić information content (AvgIpc) is 1.91. The van der Waals surface area contributed by atoms with Gasteiger partial charge in [0.1, 0.15) is 6.61 Å². The topological polar surface area (TPSA) is 36.9 Å². The van der Waals surface area contributed by atoms with E-state index in [2.05, 4.69) is 10.7 Å². The van der Waals surface area contributed by atoms with Crippen LogP contribution in [0.2, 0.25) is 0 Å². The average molecular weight is 124 g/mol. The fourth-order valence-electron chi connectivity index (χ4n) is 0.692. The molecule has 0 atom stereocenters. The number of benzene rings is 1. The SMILES string of the molecule is [NH3+]OCc1ccccc1. The van der Waals surface area contributed by atoms with E-state index >= 15 is 0 Å². The Hall–Kier alpha value is -0.860. The number of hydrogen-bond acceptors (Lipinski definition) is 1. The minimum atomic E-state index is 0.598. The standard InChI is InChI=1S/C7H10NO/c8-9-6-7-4-2-1-3-5-7/h1-5H,6H2,8H3/q+1. The Morgan fingerprint density at radius 3 is 2.44 bits per heavy atom. The molecule has 0 spiro atoms. The molecule has 0 heterocycles. The first-order valence-corrected chi connectivity index (χ1v) is 2.84. The van der Waals surface area contributed by atoms with E-state index in [9.17, 15) is 0 Å². The number of rotatable bonds is 2. The smallest absolute Gasteiger partial charge is 0.131 e. The van der Waals surface area contributed by atoms with Crippen LogP contribution in [0.3, 0.4) is 0 Å². The van der Waals surface area contributed by atoms with Crippen molar-refractivity contribution >= 4 is 0 Å². The fourth-order valence-corrected chi connectivity index (χ4v) is 0.692. The normalized spacial score (nSPS) is 9.44. The summed E-state index contributed by atoms with van der Waals surface area (Å²) in [6, 6.07) is 9.95. The molecule has 0 aliphatic heterocycles. The molecule has 1 aromatic carbocycles. The van der Waals surface area contributed by atoms with Gasteiger partial charge in [-0.2, -0.15) is 0 Å². The second-order valence-electron chi connectivity index (χ2n) is 1.83. The lowest BCUT2D eigenvalue weighted by Crippen LogP contribution is -2.48. The van der Waals surface area contributed by atoms with Gasteiger partial charge in [0.2, 0.25) is 0 Å². The van der Waals surface area contributed by atoms with Crippen molar-refractivity contribution in [2.24, 2.45) is 0 Å². The molecule has 0 unspecified atom stereocenters. The van der Waals surface area contributed by atoms with Gasteiger partial charge in [-0.05, 0) is 5.56 Å². The zero-order valence-corrected chi connectivity index (χ0v) is 5.21. The van der Waals surface area contributed by atoms with E-state index in [4.69, 9.17) is 0 Å². The largest absolute Gasteiger partial charge is 0.212 e. The maximum atomic E-state index is 4.68. The van der Waals surface area contributed by atoms with Gasteiger partial charge in [0.15, 0.2) is 0 Å². The molecule has 9 heavy (non-hydrogen) atoms. The van der Waals surface area contributed by atoms with Crippen LogP contribution in [0, 0.1) is 0 Å². The van der Waals surface area contributed by atoms with Crippen LogP contribution in [0.5, 0.6) is 0 Å². The summed E-state index contributed by atoms with van der Waals surface area (Å²) in [5, 5.41) is 0. The molecule has 0 saturated heterocycles. The summed E-state index contributed by atoms with van der Waals surface area (Å²) < 4.78 is 0. The zero-order valence-electron chi connectivity index (χ0n) is 5.21. The molecule has 0 aromatic heterocycles. The van der Waals surface area contributed by atoms with Gasteiger partial charge in [0.05, 0.1) is 0 Å². The first kappa shape index (κ1) is 6.26. The summed E-state index contributed by atoms with van der Waals surface area (Å²) in [7, 11) is 0. The van der Waals surface area contributed by atoms with E-state index in [0.717, 1.165) is 5.56 Å². The third kappa shape index (κ3) is 1.83. The van der Waals surface area contributed by atoms with Crippen LogP contribution in [0.25, 0.3) is 0 Å². The molecular weight excluding hydrogens is 114 g/mol. The maximum absolute atomic E-state index is 4.68. The molecule has 3 N–H and O–H groups in total. The Bertz CT molecular complexity index is 162. The van der Waals surface area contributed by atoms with Crippen LogP contribution in [-0.4, -0.2) is 0 Å². The van der Waals surface area contributed by atoms with E-state index in [1.165, 1.54) is 0 Å². The van der Waals surface area contributed by atoms with Gasteiger partial charge < -0.3 is 0 Å². The molecule has 0 aliphatic rings. The minimum Gasteiger partial charge on any atom is -0.212 e. The van der Waals surface area contributed by atoms with Crippen molar-refractivity contribution < 1.29 is 10.7 Å². The van der Waals surface area contributed by atoms with E-state index in [1.807, 2.05) is 30.3 Å². The molecular formula is C7H10NO+. The first-order chi connectivity index (χ1) is 4.43. The van der Waals surface area contributed by atoms with Crippen LogP contribution >= 0.6 is 0 Å². The first-order valence-electron chi connectivity index (χ1n) is 2.84. The number of quaternary nitrogens is 1. The molecule has 0 radical (unpaired) electrons. The summed E-state index contributed by atoms with van der Waals surface area (Å²) in [6.07, 6.45) is 0. The molecule has 0 amide bonds. The molecule has 1 aromatic rings. The van der Waals surface area contributed by atoms with Gasteiger partial charge >= 0.3 is 0 Å². The summed E-state index contributed by atoms with van der Waals surface area (Å²) in [5.74, 6) is 3.28. The van der Waals surface area contributed by atoms with Crippen molar-refractivity contribution in [1.29, 1.82) is 0 Å². The van der Waals surface area contributed by atoms with Crippen LogP contribution in [-0.2, 0) is 11.4 Å². The molecule has 1 rings (SSSR count). The summed E-state index contributed by atoms with van der Waals surface area (Å²) in [6.45, 7) is 0.598. The highest BCUT2D eigenvalue weighted by molar-refractivity contribution is 5.13. The van der Waals surface area contributed by atoms with Crippen molar-refractivity contribution in [3.63, 3.8) is 0 Å². The number of hydrogen-bond donors (Lipinski definition) is 1. The molecule has 0 fully saturated rings. The second-order valence-corrected chi connectivity index (χ2v) is 1.83. The molecule has 48 valence electrons.